The van der Waals surface area contributed by atoms with Gasteiger partial charge in [0.15, 0.2) is 0 Å². The van der Waals surface area contributed by atoms with Crippen molar-refractivity contribution in [3.63, 3.8) is 0 Å². The number of nitrogens with one attached hydrogen (secondary N) is 1. The van der Waals surface area contributed by atoms with Crippen LogP contribution in [0.1, 0.15) is 13.8 Å². The molecule has 2 atom stereocenters. The maximum absolute atomic E-state index is 12.0. The highest BCUT2D eigenvalue weighted by Gasteiger charge is 2.26. The van der Waals surface area contributed by atoms with Gasteiger partial charge in [-0.15, -0.1) is 0 Å². The lowest BCUT2D eigenvalue weighted by atomic mass is 9.95. The minimum Gasteiger partial charge on any atom is -0.481 e. The number of hydrogen-bond donors (Lipinski definition) is 2. The van der Waals surface area contributed by atoms with E-state index in [1.54, 1.807) is 19.1 Å². The van der Waals surface area contributed by atoms with Crippen LogP contribution in [0, 0.1) is 11.8 Å². The lowest BCUT2D eigenvalue weighted by molar-refractivity contribution is -0.145. The second kappa shape index (κ2) is 6.85. The number of aliphatic carboxylic acids is 1. The molecule has 0 saturated heterocycles. The molecular formula is C12H12Br3NO3. The summed E-state index contributed by atoms with van der Waals surface area (Å²) in [5, 5.41) is 11.6. The highest BCUT2D eigenvalue weighted by atomic mass is 79.9. The zero-order valence-electron chi connectivity index (χ0n) is 10.2. The van der Waals surface area contributed by atoms with Crippen LogP contribution in [-0.2, 0) is 9.59 Å². The molecule has 1 amide bonds. The van der Waals surface area contributed by atoms with E-state index in [1.807, 2.05) is 0 Å². The third-order valence-electron chi connectivity index (χ3n) is 2.81. The number of anilines is 1. The van der Waals surface area contributed by atoms with Crippen molar-refractivity contribution in [2.45, 2.75) is 13.8 Å². The van der Waals surface area contributed by atoms with Gasteiger partial charge in [-0.25, -0.2) is 0 Å². The summed E-state index contributed by atoms with van der Waals surface area (Å²) in [5.74, 6) is -2.69. The first-order chi connectivity index (χ1) is 8.73. The van der Waals surface area contributed by atoms with Crippen LogP contribution in [0.3, 0.4) is 0 Å². The van der Waals surface area contributed by atoms with Gasteiger partial charge in [0.25, 0.3) is 0 Å². The number of rotatable bonds is 4. The Kier molecular flexibility index (Phi) is 6.01. The first-order valence-corrected chi connectivity index (χ1v) is 7.80. The Hall–Kier alpha value is -0.400. The van der Waals surface area contributed by atoms with Crippen LogP contribution in [-0.4, -0.2) is 17.0 Å². The smallest absolute Gasteiger partial charge is 0.307 e. The van der Waals surface area contributed by atoms with Gasteiger partial charge in [-0.3, -0.25) is 9.59 Å². The van der Waals surface area contributed by atoms with E-state index in [1.165, 1.54) is 6.92 Å². The quantitative estimate of drug-likeness (QED) is 0.709. The van der Waals surface area contributed by atoms with Crippen molar-refractivity contribution in [1.82, 2.24) is 0 Å². The Balaban J connectivity index is 2.92. The molecule has 1 aromatic rings. The molecule has 0 fully saturated rings. The fourth-order valence-electron chi connectivity index (χ4n) is 1.34. The Labute approximate surface area is 136 Å². The highest BCUT2D eigenvalue weighted by Crippen LogP contribution is 2.34. The molecule has 0 aliphatic rings. The second-order valence-electron chi connectivity index (χ2n) is 4.15. The molecule has 1 rings (SSSR count). The van der Waals surface area contributed by atoms with Crippen molar-refractivity contribution in [2.24, 2.45) is 11.8 Å². The maximum Gasteiger partial charge on any atom is 0.307 e. The molecular weight excluding hydrogens is 446 g/mol. The molecule has 19 heavy (non-hydrogen) atoms. The number of amides is 1. The fourth-order valence-corrected chi connectivity index (χ4v) is 3.80. The molecule has 4 nitrogen and oxygen atoms in total. The molecule has 0 aliphatic carbocycles. The van der Waals surface area contributed by atoms with E-state index in [9.17, 15) is 9.59 Å². The summed E-state index contributed by atoms with van der Waals surface area (Å²) >= 11 is 10.0. The third-order valence-corrected chi connectivity index (χ3v) is 4.52. The number of hydrogen-bond acceptors (Lipinski definition) is 2. The fraction of sp³-hybridized carbons (Fsp3) is 0.333. The largest absolute Gasteiger partial charge is 0.481 e. The van der Waals surface area contributed by atoms with Crippen LogP contribution in [0.25, 0.3) is 0 Å². The van der Waals surface area contributed by atoms with Gasteiger partial charge in [0.1, 0.15) is 0 Å². The topological polar surface area (TPSA) is 66.4 Å². The van der Waals surface area contributed by atoms with Crippen LogP contribution in [0.15, 0.2) is 25.6 Å². The van der Waals surface area contributed by atoms with E-state index >= 15 is 0 Å². The molecule has 0 bridgehead atoms. The van der Waals surface area contributed by atoms with Crippen molar-refractivity contribution in [2.75, 3.05) is 5.32 Å². The zero-order valence-corrected chi connectivity index (χ0v) is 15.0. The predicted octanol–water partition coefficient (Wildman–Crippen LogP) is 4.27. The van der Waals surface area contributed by atoms with Crippen molar-refractivity contribution in [3.05, 3.63) is 25.6 Å². The van der Waals surface area contributed by atoms with E-state index < -0.39 is 17.8 Å². The van der Waals surface area contributed by atoms with Crippen molar-refractivity contribution in [1.29, 1.82) is 0 Å². The van der Waals surface area contributed by atoms with Gasteiger partial charge in [-0.1, -0.05) is 29.8 Å². The molecule has 0 aromatic heterocycles. The summed E-state index contributed by atoms with van der Waals surface area (Å²) in [7, 11) is 0. The van der Waals surface area contributed by atoms with Crippen molar-refractivity contribution in [3.8, 4) is 0 Å². The number of carbonyl (C=O) groups is 2. The van der Waals surface area contributed by atoms with E-state index in [0.29, 0.717) is 14.6 Å². The lowest BCUT2D eigenvalue weighted by Crippen LogP contribution is -2.30. The van der Waals surface area contributed by atoms with Gasteiger partial charge < -0.3 is 10.4 Å². The van der Waals surface area contributed by atoms with Crippen LogP contribution in [0.5, 0.6) is 0 Å². The number of carbonyl (C=O) groups excluding carboxylic acids is 1. The van der Waals surface area contributed by atoms with Gasteiger partial charge >= 0.3 is 5.97 Å². The Morgan fingerprint density at radius 2 is 1.58 bits per heavy atom. The normalized spacial score (nSPS) is 13.7. The standard InChI is InChI=1S/C12H12Br3NO3/c1-5(6(2)12(18)19)11(17)16-10-8(14)3-7(13)4-9(10)15/h3-6H,1-2H3,(H,16,17)(H,18,19). The van der Waals surface area contributed by atoms with Gasteiger partial charge in [-0.2, -0.15) is 0 Å². The molecule has 2 unspecified atom stereocenters. The van der Waals surface area contributed by atoms with Crippen LogP contribution in [0.2, 0.25) is 0 Å². The Bertz CT molecular complexity index is 496. The average Bonchev–Trinajstić information content (AvgIpc) is 2.31. The summed E-state index contributed by atoms with van der Waals surface area (Å²) in [5.41, 5.74) is 0.581. The summed E-state index contributed by atoms with van der Waals surface area (Å²) in [6, 6.07) is 3.59. The summed E-state index contributed by atoms with van der Waals surface area (Å²) < 4.78 is 2.27. The Morgan fingerprint density at radius 1 is 1.11 bits per heavy atom. The van der Waals surface area contributed by atoms with Crippen LogP contribution in [0.4, 0.5) is 5.69 Å². The highest BCUT2D eigenvalue weighted by molar-refractivity contribution is 9.11. The summed E-state index contributed by atoms with van der Waals surface area (Å²) in [6.45, 7) is 3.10. The molecule has 7 heteroatoms. The molecule has 0 aliphatic heterocycles. The van der Waals surface area contributed by atoms with Gasteiger partial charge in [0.2, 0.25) is 5.91 Å². The number of carboxylic acid groups (broad SMARTS) is 1. The van der Waals surface area contributed by atoms with Crippen LogP contribution < -0.4 is 5.32 Å². The minimum absolute atomic E-state index is 0.335. The molecule has 104 valence electrons. The molecule has 0 saturated carbocycles. The molecule has 0 heterocycles. The minimum atomic E-state index is -0.989. The van der Waals surface area contributed by atoms with Gasteiger partial charge in [0, 0.05) is 19.3 Å². The first kappa shape index (κ1) is 16.7. The summed E-state index contributed by atoms with van der Waals surface area (Å²) in [6.07, 6.45) is 0. The average molecular weight is 458 g/mol. The second-order valence-corrected chi connectivity index (χ2v) is 6.77. The van der Waals surface area contributed by atoms with E-state index in [4.69, 9.17) is 5.11 Å². The third kappa shape index (κ3) is 4.29. The monoisotopic (exact) mass is 455 g/mol. The predicted molar refractivity (Wildman–Crippen MR) is 84.1 cm³/mol. The molecule has 0 spiro atoms. The SMILES string of the molecule is CC(C(=O)O)C(C)C(=O)Nc1c(Br)cc(Br)cc1Br. The lowest BCUT2D eigenvalue weighted by Gasteiger charge is -2.17. The van der Waals surface area contributed by atoms with Gasteiger partial charge in [0.05, 0.1) is 11.6 Å². The first-order valence-electron chi connectivity index (χ1n) is 5.42. The summed E-state index contributed by atoms with van der Waals surface area (Å²) in [4.78, 5) is 22.9. The zero-order chi connectivity index (χ0) is 14.7. The molecule has 2 N–H and O–H groups in total. The van der Waals surface area contributed by atoms with E-state index in [0.717, 1.165) is 4.47 Å². The number of halogens is 3. The molecule has 1 aromatic carbocycles. The van der Waals surface area contributed by atoms with Gasteiger partial charge in [-0.05, 0) is 44.0 Å². The van der Waals surface area contributed by atoms with Crippen LogP contribution >= 0.6 is 47.8 Å². The van der Waals surface area contributed by atoms with E-state index in [2.05, 4.69) is 53.1 Å². The van der Waals surface area contributed by atoms with Crippen molar-refractivity contribution < 1.29 is 14.7 Å². The Morgan fingerprint density at radius 3 is 2.00 bits per heavy atom. The number of benzene rings is 1. The maximum atomic E-state index is 12.0. The van der Waals surface area contributed by atoms with E-state index in [-0.39, 0.29) is 5.91 Å². The molecule has 0 radical (unpaired) electrons. The van der Waals surface area contributed by atoms with Crippen molar-refractivity contribution >= 4 is 65.4 Å². The number of carboxylic acids is 1.